The van der Waals surface area contributed by atoms with Crippen LogP contribution < -0.4 is 0 Å². The van der Waals surface area contributed by atoms with Gasteiger partial charge in [0, 0.05) is 11.8 Å². The van der Waals surface area contributed by atoms with Crippen molar-refractivity contribution in [3.05, 3.63) is 11.6 Å². The Hall–Kier alpha value is -0.300. The molecule has 3 aliphatic carbocycles. The summed E-state index contributed by atoms with van der Waals surface area (Å²) in [4.78, 5) is 0. The fourth-order valence-electron chi connectivity index (χ4n) is 5.32. The third-order valence-electron chi connectivity index (χ3n) is 6.08. The molecular formula is C17H26O. The van der Waals surface area contributed by atoms with Crippen molar-refractivity contribution in [2.45, 2.75) is 82.3 Å². The lowest BCUT2D eigenvalue weighted by Gasteiger charge is -2.53. The molecule has 0 aromatic carbocycles. The molecular weight excluding hydrogens is 220 g/mol. The van der Waals surface area contributed by atoms with Gasteiger partial charge < -0.3 is 4.74 Å². The quantitative estimate of drug-likeness (QED) is 0.567. The second-order valence-corrected chi connectivity index (χ2v) is 7.01. The minimum Gasteiger partial charge on any atom is -0.371 e. The minimum atomic E-state index is 0.282. The molecule has 2 saturated carbocycles. The largest absolute Gasteiger partial charge is 0.371 e. The Labute approximate surface area is 111 Å². The number of fused-ring (bicyclic) bond motifs is 4. The van der Waals surface area contributed by atoms with Gasteiger partial charge in [0.25, 0.3) is 0 Å². The topological polar surface area (TPSA) is 9.23 Å². The van der Waals surface area contributed by atoms with Gasteiger partial charge in [0.2, 0.25) is 0 Å². The van der Waals surface area contributed by atoms with Gasteiger partial charge >= 0.3 is 0 Å². The molecule has 0 unspecified atom stereocenters. The van der Waals surface area contributed by atoms with Gasteiger partial charge in [-0.25, -0.2) is 0 Å². The Balaban J connectivity index is 1.71. The second kappa shape index (κ2) is 4.37. The van der Waals surface area contributed by atoms with Gasteiger partial charge in [0.05, 0.1) is 11.7 Å². The average Bonchev–Trinajstić information content (AvgIpc) is 2.89. The maximum absolute atomic E-state index is 6.77. The molecule has 1 heteroatoms. The van der Waals surface area contributed by atoms with Crippen LogP contribution in [0.25, 0.3) is 0 Å². The zero-order chi connectivity index (χ0) is 12.0. The molecule has 1 nitrogen and oxygen atoms in total. The van der Waals surface area contributed by atoms with E-state index in [1.807, 2.05) is 5.57 Å². The predicted octanol–water partition coefficient (Wildman–Crippen LogP) is 4.61. The molecule has 0 N–H and O–H groups in total. The van der Waals surface area contributed by atoms with Crippen molar-refractivity contribution in [3.8, 4) is 0 Å². The monoisotopic (exact) mass is 246 g/mol. The third-order valence-corrected chi connectivity index (χ3v) is 6.08. The van der Waals surface area contributed by atoms with Crippen LogP contribution >= 0.6 is 0 Å². The molecule has 0 amide bonds. The zero-order valence-corrected chi connectivity index (χ0v) is 11.5. The van der Waals surface area contributed by atoms with Crippen LogP contribution in [0.4, 0.5) is 0 Å². The van der Waals surface area contributed by atoms with Gasteiger partial charge in [0.1, 0.15) is 0 Å². The van der Waals surface area contributed by atoms with E-state index in [1.165, 1.54) is 70.6 Å². The van der Waals surface area contributed by atoms with Crippen LogP contribution in [0.5, 0.6) is 0 Å². The fraction of sp³-hybridized carbons (Fsp3) is 0.882. The van der Waals surface area contributed by atoms with E-state index in [-0.39, 0.29) is 5.60 Å². The molecule has 100 valence electrons. The summed E-state index contributed by atoms with van der Waals surface area (Å²) in [6.07, 6.45) is 18.4. The Morgan fingerprint density at radius 2 is 1.78 bits per heavy atom. The standard InChI is InChI=1S/C17H26O/c1-3-9-15-13(7-1)14-8-2-4-10-16(14)18-17(15)11-5-6-12-17/h7,14-16H,1-6,8-12H2/t14-,15+,16+/m0/s1. The van der Waals surface area contributed by atoms with Crippen LogP contribution in [0.1, 0.15) is 70.6 Å². The lowest BCUT2D eigenvalue weighted by molar-refractivity contribution is -0.170. The first-order valence-corrected chi connectivity index (χ1v) is 8.27. The van der Waals surface area contributed by atoms with Crippen molar-refractivity contribution in [1.82, 2.24) is 0 Å². The highest BCUT2D eigenvalue weighted by Gasteiger charge is 2.52. The molecule has 1 aliphatic heterocycles. The lowest BCUT2D eigenvalue weighted by Crippen LogP contribution is -2.52. The van der Waals surface area contributed by atoms with Gasteiger partial charge in [-0.3, -0.25) is 0 Å². The molecule has 3 fully saturated rings. The summed E-state index contributed by atoms with van der Waals surface area (Å²) < 4.78 is 6.77. The van der Waals surface area contributed by atoms with Crippen LogP contribution in [-0.2, 0) is 4.74 Å². The smallest absolute Gasteiger partial charge is 0.0751 e. The van der Waals surface area contributed by atoms with E-state index >= 15 is 0 Å². The van der Waals surface area contributed by atoms with E-state index < -0.39 is 0 Å². The van der Waals surface area contributed by atoms with Crippen molar-refractivity contribution in [2.75, 3.05) is 0 Å². The number of ether oxygens (including phenoxy) is 1. The van der Waals surface area contributed by atoms with Crippen molar-refractivity contribution in [1.29, 1.82) is 0 Å². The second-order valence-electron chi connectivity index (χ2n) is 7.01. The fourth-order valence-corrected chi connectivity index (χ4v) is 5.32. The maximum atomic E-state index is 6.77. The zero-order valence-electron chi connectivity index (χ0n) is 11.5. The Bertz CT molecular complexity index is 351. The van der Waals surface area contributed by atoms with Gasteiger partial charge in [-0.2, -0.15) is 0 Å². The first-order valence-electron chi connectivity index (χ1n) is 8.27. The average molecular weight is 246 g/mol. The van der Waals surface area contributed by atoms with Gasteiger partial charge in [-0.15, -0.1) is 0 Å². The number of hydrogen-bond donors (Lipinski definition) is 0. The summed E-state index contributed by atoms with van der Waals surface area (Å²) in [6, 6.07) is 0. The normalized spacial score (nSPS) is 42.2. The third kappa shape index (κ3) is 1.62. The van der Waals surface area contributed by atoms with Crippen LogP contribution in [0, 0.1) is 11.8 Å². The first-order chi connectivity index (χ1) is 8.89. The van der Waals surface area contributed by atoms with Gasteiger partial charge in [0.15, 0.2) is 0 Å². The summed E-state index contributed by atoms with van der Waals surface area (Å²) in [5, 5.41) is 0. The highest BCUT2D eigenvalue weighted by Crippen LogP contribution is 2.55. The molecule has 1 saturated heterocycles. The van der Waals surface area contributed by atoms with Crippen molar-refractivity contribution < 1.29 is 4.74 Å². The summed E-state index contributed by atoms with van der Waals surface area (Å²) in [5.74, 6) is 1.60. The van der Waals surface area contributed by atoms with E-state index in [2.05, 4.69) is 6.08 Å². The SMILES string of the molecule is C1=C2[C@@H](CCC1)C1(CCCC1)O[C@@H]1CCCC[C@@H]21. The van der Waals surface area contributed by atoms with E-state index in [0.717, 1.165) is 11.8 Å². The van der Waals surface area contributed by atoms with Gasteiger partial charge in [-0.1, -0.05) is 37.3 Å². The number of hydrogen-bond acceptors (Lipinski definition) is 1. The molecule has 4 rings (SSSR count). The number of rotatable bonds is 0. The molecule has 3 atom stereocenters. The highest BCUT2D eigenvalue weighted by molar-refractivity contribution is 5.24. The van der Waals surface area contributed by atoms with Crippen LogP contribution in [-0.4, -0.2) is 11.7 Å². The summed E-state index contributed by atoms with van der Waals surface area (Å²) >= 11 is 0. The van der Waals surface area contributed by atoms with E-state index in [0.29, 0.717) is 6.10 Å². The molecule has 1 heterocycles. The molecule has 0 aromatic heterocycles. The van der Waals surface area contributed by atoms with Crippen LogP contribution in [0.15, 0.2) is 11.6 Å². The molecule has 0 aromatic rings. The van der Waals surface area contributed by atoms with Gasteiger partial charge in [-0.05, 0) is 44.9 Å². The summed E-state index contributed by atoms with van der Waals surface area (Å²) in [5.41, 5.74) is 2.13. The van der Waals surface area contributed by atoms with E-state index in [9.17, 15) is 0 Å². The maximum Gasteiger partial charge on any atom is 0.0751 e. The number of allylic oxidation sites excluding steroid dienone is 1. The van der Waals surface area contributed by atoms with Crippen molar-refractivity contribution in [2.24, 2.45) is 11.8 Å². The Morgan fingerprint density at radius 1 is 0.944 bits per heavy atom. The molecule has 0 radical (unpaired) electrons. The van der Waals surface area contributed by atoms with Crippen molar-refractivity contribution in [3.63, 3.8) is 0 Å². The Morgan fingerprint density at radius 3 is 2.67 bits per heavy atom. The molecule has 18 heavy (non-hydrogen) atoms. The summed E-state index contributed by atoms with van der Waals surface area (Å²) in [6.45, 7) is 0. The first kappa shape index (κ1) is 11.5. The Kier molecular flexibility index (Phi) is 2.80. The van der Waals surface area contributed by atoms with Crippen molar-refractivity contribution >= 4 is 0 Å². The molecule has 1 spiro atoms. The van der Waals surface area contributed by atoms with E-state index in [1.54, 1.807) is 0 Å². The lowest BCUT2D eigenvalue weighted by atomic mass is 9.64. The van der Waals surface area contributed by atoms with Crippen LogP contribution in [0.2, 0.25) is 0 Å². The molecule has 4 aliphatic rings. The highest BCUT2D eigenvalue weighted by atomic mass is 16.5. The molecule has 0 bridgehead atoms. The van der Waals surface area contributed by atoms with E-state index in [4.69, 9.17) is 4.74 Å². The minimum absolute atomic E-state index is 0.282. The predicted molar refractivity (Wildman–Crippen MR) is 73.5 cm³/mol. The van der Waals surface area contributed by atoms with Crippen LogP contribution in [0.3, 0.4) is 0 Å². The summed E-state index contributed by atoms with van der Waals surface area (Å²) in [7, 11) is 0.